The van der Waals surface area contributed by atoms with Crippen molar-refractivity contribution in [1.29, 1.82) is 0 Å². The van der Waals surface area contributed by atoms with Crippen LogP contribution in [0.5, 0.6) is 0 Å². The number of carbonyl (C=O) groups is 1. The van der Waals surface area contributed by atoms with Gasteiger partial charge in [-0.05, 0) is 38.4 Å². The molecule has 3 heterocycles. The number of aromatic carboxylic acids is 1. The van der Waals surface area contributed by atoms with Crippen molar-refractivity contribution in [2.24, 2.45) is 0 Å². The first-order valence-electron chi connectivity index (χ1n) is 11.2. The molecule has 1 saturated carbocycles. The zero-order valence-electron chi connectivity index (χ0n) is 19.7. The van der Waals surface area contributed by atoms with Gasteiger partial charge < -0.3 is 14.6 Å². The van der Waals surface area contributed by atoms with E-state index in [1.54, 1.807) is 10.6 Å². The number of carboxylic acids is 1. The first kappa shape index (κ1) is 18.1. The van der Waals surface area contributed by atoms with Crippen LogP contribution in [0.4, 0.5) is 10.1 Å². The summed E-state index contributed by atoms with van der Waals surface area (Å²) in [7, 11) is -3.67. The van der Waals surface area contributed by atoms with Gasteiger partial charge in [0, 0.05) is 46.9 Å². The number of aromatic nitrogens is 1. The summed E-state index contributed by atoms with van der Waals surface area (Å²) in [6.07, 6.45) is 4.49. The van der Waals surface area contributed by atoms with E-state index in [0.29, 0.717) is 37.0 Å². The number of nitrogens with zero attached hydrogens (tertiary/aromatic N) is 3. The summed E-state index contributed by atoms with van der Waals surface area (Å²) in [5, 5.41) is 9.41. The third kappa shape index (κ3) is 4.30. The van der Waals surface area contributed by atoms with Crippen LogP contribution >= 0.6 is 0 Å². The van der Waals surface area contributed by atoms with Gasteiger partial charge in [-0.15, -0.1) is 0 Å². The summed E-state index contributed by atoms with van der Waals surface area (Å²) < 4.78 is 65.6. The quantitative estimate of drug-likeness (QED) is 0.668. The fraction of sp³-hybridized carbons (Fsp3) is 0.500. The van der Waals surface area contributed by atoms with Crippen LogP contribution in [0.15, 0.2) is 23.1 Å². The Labute approximate surface area is 182 Å². The van der Waals surface area contributed by atoms with Crippen LogP contribution in [0.25, 0.3) is 10.9 Å². The van der Waals surface area contributed by atoms with Crippen molar-refractivity contribution in [3.05, 3.63) is 39.9 Å². The minimum absolute atomic E-state index is 0.0616. The van der Waals surface area contributed by atoms with Crippen molar-refractivity contribution in [2.45, 2.75) is 37.4 Å². The maximum atomic E-state index is 15.0. The second-order valence-corrected chi connectivity index (χ2v) is 9.68. The van der Waals surface area contributed by atoms with E-state index in [1.165, 1.54) is 11.1 Å². The van der Waals surface area contributed by atoms with Crippen molar-refractivity contribution in [3.63, 3.8) is 0 Å². The number of likely N-dealkylation sites (tertiary alicyclic amines) is 1. The van der Waals surface area contributed by atoms with Crippen molar-refractivity contribution >= 4 is 32.7 Å². The normalized spacial score (nSPS) is 25.0. The van der Waals surface area contributed by atoms with Crippen LogP contribution in [0.2, 0.25) is 0 Å². The molecule has 2 N–H and O–H groups in total. The monoisotopic (exact) mass is 456 g/mol. The summed E-state index contributed by atoms with van der Waals surface area (Å²) >= 11 is 0. The molecular formula is C20H24FN3O6S. The topological polar surface area (TPSA) is 120 Å². The molecular weight excluding hydrogens is 429 g/mol. The number of hydrogen-bond acceptors (Lipinski definition) is 6. The van der Waals surface area contributed by atoms with E-state index in [4.69, 9.17) is 8.67 Å². The van der Waals surface area contributed by atoms with E-state index in [-0.39, 0.29) is 29.1 Å². The summed E-state index contributed by atoms with van der Waals surface area (Å²) in [6.45, 7) is -1.41. The first-order valence-corrected chi connectivity index (χ1v) is 11.6. The molecule has 1 aromatic carbocycles. The minimum Gasteiger partial charge on any atom is -0.477 e. The molecule has 1 aromatic heterocycles. The molecule has 31 heavy (non-hydrogen) atoms. The van der Waals surface area contributed by atoms with Gasteiger partial charge in [-0.2, -0.15) is 8.42 Å². The highest BCUT2D eigenvalue weighted by Crippen LogP contribution is 2.40. The average molecular weight is 457 g/mol. The Morgan fingerprint density at radius 3 is 2.42 bits per heavy atom. The molecule has 2 saturated heterocycles. The fourth-order valence-electron chi connectivity index (χ4n) is 4.35. The Morgan fingerprint density at radius 1 is 1.23 bits per heavy atom. The standard InChI is InChI=1S/C19H20FN3O3.CH4O3S/c1-21-7-12-4-11(21)8-22(12)17-6-16-13(5-15(17)20)18(24)14(19(25)26)9-23(16)10-2-3-10;1-5(2,3)4/h5-6,9-12H,2-4,7-8H2,1H3,(H,25,26);1H3,(H,2,3,4)/t11-,12-;/m0./s1/i1D3;. The third-order valence-corrected chi connectivity index (χ3v) is 5.82. The molecule has 5 rings (SSSR count). The molecule has 9 nitrogen and oxygen atoms in total. The van der Waals surface area contributed by atoms with Crippen molar-refractivity contribution in [2.75, 3.05) is 31.2 Å². The van der Waals surface area contributed by atoms with Gasteiger partial charge in [0.1, 0.15) is 11.4 Å². The molecule has 168 valence electrons. The molecule has 0 unspecified atom stereocenters. The third-order valence-electron chi connectivity index (χ3n) is 5.82. The highest BCUT2D eigenvalue weighted by molar-refractivity contribution is 7.85. The van der Waals surface area contributed by atoms with Crippen LogP contribution in [-0.4, -0.2) is 71.9 Å². The zero-order valence-corrected chi connectivity index (χ0v) is 17.5. The SMILES string of the molecule is CS(=O)(=O)O.[2H]C([2H])([2H])N1C[C@@H]2C[C@H]1CN2c1cc2c(cc1F)c(=O)c(C(=O)O)cn2C1CC1. The smallest absolute Gasteiger partial charge is 0.341 e. The Hall–Kier alpha value is -2.50. The number of likely N-dealkylation sites (N-methyl/N-ethyl adjacent to an activating group) is 1. The Morgan fingerprint density at radius 2 is 1.90 bits per heavy atom. The molecule has 2 aromatic rings. The lowest BCUT2D eigenvalue weighted by Gasteiger charge is -2.34. The van der Waals surface area contributed by atoms with E-state index < -0.39 is 34.3 Å². The van der Waals surface area contributed by atoms with Gasteiger partial charge in [0.25, 0.3) is 10.1 Å². The van der Waals surface area contributed by atoms with Crippen LogP contribution in [-0.2, 0) is 10.1 Å². The number of piperazine rings is 1. The molecule has 3 fully saturated rings. The van der Waals surface area contributed by atoms with Gasteiger partial charge >= 0.3 is 5.97 Å². The van der Waals surface area contributed by atoms with Crippen LogP contribution in [0.3, 0.4) is 0 Å². The molecule has 11 heteroatoms. The van der Waals surface area contributed by atoms with Gasteiger partial charge in [-0.1, -0.05) is 0 Å². The second kappa shape index (κ2) is 7.57. The average Bonchev–Trinajstić information content (AvgIpc) is 3.32. The second-order valence-electron chi connectivity index (χ2n) is 8.22. The van der Waals surface area contributed by atoms with Crippen molar-refractivity contribution in [1.82, 2.24) is 9.47 Å². The Kier molecular flexibility index (Phi) is 4.42. The fourth-order valence-corrected chi connectivity index (χ4v) is 4.35. The zero-order chi connectivity index (χ0) is 25.2. The Balaban J connectivity index is 0.000000499. The van der Waals surface area contributed by atoms with E-state index >= 15 is 4.39 Å². The maximum absolute atomic E-state index is 15.0. The van der Waals surface area contributed by atoms with Crippen molar-refractivity contribution < 1.29 is 31.4 Å². The highest BCUT2D eigenvalue weighted by atomic mass is 32.2. The maximum Gasteiger partial charge on any atom is 0.341 e. The molecule has 3 aliphatic rings. The number of hydrogen-bond donors (Lipinski definition) is 2. The lowest BCUT2D eigenvalue weighted by atomic mass is 10.1. The number of pyridine rings is 1. The molecule has 2 atom stereocenters. The molecule has 0 spiro atoms. The van der Waals surface area contributed by atoms with Gasteiger partial charge in [0.15, 0.2) is 0 Å². The van der Waals surface area contributed by atoms with Crippen LogP contribution in [0.1, 0.15) is 39.8 Å². The number of carboxylic acid groups (broad SMARTS) is 1. The van der Waals surface area contributed by atoms with E-state index in [9.17, 15) is 23.1 Å². The lowest BCUT2D eigenvalue weighted by molar-refractivity contribution is 0.0694. The summed E-state index contributed by atoms with van der Waals surface area (Å²) in [5.74, 6) is -1.91. The number of fused-ring (bicyclic) bond motifs is 3. The van der Waals surface area contributed by atoms with Gasteiger partial charge in [0.05, 0.1) is 17.5 Å². The molecule has 0 radical (unpaired) electrons. The van der Waals surface area contributed by atoms with E-state index in [0.717, 1.165) is 18.9 Å². The van der Waals surface area contributed by atoms with Crippen LogP contribution in [0, 0.1) is 5.82 Å². The molecule has 0 amide bonds. The van der Waals surface area contributed by atoms with Crippen LogP contribution < -0.4 is 10.3 Å². The minimum atomic E-state index is -3.67. The largest absolute Gasteiger partial charge is 0.477 e. The van der Waals surface area contributed by atoms with Gasteiger partial charge in [0.2, 0.25) is 5.43 Å². The number of anilines is 1. The summed E-state index contributed by atoms with van der Waals surface area (Å²) in [6, 6.07) is 2.59. The summed E-state index contributed by atoms with van der Waals surface area (Å²) in [4.78, 5) is 27.4. The number of rotatable bonds is 3. The molecule has 2 bridgehead atoms. The highest BCUT2D eigenvalue weighted by Gasteiger charge is 2.42. The molecule has 1 aliphatic carbocycles. The predicted molar refractivity (Wildman–Crippen MR) is 113 cm³/mol. The lowest BCUT2D eigenvalue weighted by Crippen LogP contribution is -2.44. The predicted octanol–water partition coefficient (Wildman–Crippen LogP) is 1.57. The van der Waals surface area contributed by atoms with Gasteiger partial charge in [-0.25, -0.2) is 9.18 Å². The Bertz CT molecular complexity index is 1320. The van der Waals surface area contributed by atoms with E-state index in [2.05, 4.69) is 0 Å². The number of benzene rings is 1. The van der Waals surface area contributed by atoms with Crippen molar-refractivity contribution in [3.8, 4) is 0 Å². The first-order chi connectivity index (χ1) is 15.6. The number of halogens is 1. The van der Waals surface area contributed by atoms with Gasteiger partial charge in [-0.3, -0.25) is 14.2 Å². The molecule has 2 aliphatic heterocycles. The summed E-state index contributed by atoms with van der Waals surface area (Å²) in [5.41, 5.74) is -0.183. The van der Waals surface area contributed by atoms with E-state index in [1.807, 2.05) is 4.90 Å².